The predicted octanol–water partition coefficient (Wildman–Crippen LogP) is 2.41. The first kappa shape index (κ1) is 16.0. The van der Waals surface area contributed by atoms with Crippen molar-refractivity contribution < 1.29 is 8.42 Å². The van der Waals surface area contributed by atoms with Crippen LogP contribution in [-0.4, -0.2) is 40.9 Å². The lowest BCUT2D eigenvalue weighted by atomic mass is 10.1. The quantitative estimate of drug-likeness (QED) is 0.763. The average molecular weight is 325 g/mol. The van der Waals surface area contributed by atoms with Crippen molar-refractivity contribution in [3.05, 3.63) is 29.8 Å². The molecule has 2 rings (SSSR count). The van der Waals surface area contributed by atoms with Gasteiger partial charge in [0.1, 0.15) is 9.84 Å². The lowest BCUT2D eigenvalue weighted by molar-refractivity contribution is 0.603. The highest BCUT2D eigenvalue weighted by Gasteiger charge is 2.14. The number of aryl methyl sites for hydroxylation is 1. The summed E-state index contributed by atoms with van der Waals surface area (Å²) in [6.07, 6.45) is 1.25. The third-order valence-electron chi connectivity index (χ3n) is 2.99. The van der Waals surface area contributed by atoms with Gasteiger partial charge in [-0.1, -0.05) is 35.5 Å². The van der Waals surface area contributed by atoms with Crippen LogP contribution >= 0.6 is 11.8 Å². The summed E-state index contributed by atoms with van der Waals surface area (Å²) >= 11 is 1.43. The molecular formula is C14H19N3O2S2. The normalized spacial score (nSPS) is 11.8. The van der Waals surface area contributed by atoms with Crippen molar-refractivity contribution in [2.75, 3.05) is 17.8 Å². The minimum absolute atomic E-state index is 0.147. The monoisotopic (exact) mass is 325 g/mol. The third-order valence-corrected chi connectivity index (χ3v) is 5.17. The van der Waals surface area contributed by atoms with Crippen LogP contribution in [0.4, 0.5) is 0 Å². The van der Waals surface area contributed by atoms with Crippen LogP contribution in [0.1, 0.15) is 12.5 Å². The van der Waals surface area contributed by atoms with Crippen LogP contribution in [0.3, 0.4) is 0 Å². The third kappa shape index (κ3) is 4.31. The number of benzene rings is 1. The molecule has 1 aromatic heterocycles. The van der Waals surface area contributed by atoms with E-state index in [9.17, 15) is 8.42 Å². The van der Waals surface area contributed by atoms with Crippen LogP contribution in [0.25, 0.3) is 11.4 Å². The molecule has 0 N–H and O–H groups in total. The van der Waals surface area contributed by atoms with E-state index in [0.717, 1.165) is 23.1 Å². The Morgan fingerprint density at radius 2 is 2.05 bits per heavy atom. The number of rotatable bonds is 6. The van der Waals surface area contributed by atoms with Crippen molar-refractivity contribution in [2.45, 2.75) is 25.5 Å². The van der Waals surface area contributed by atoms with Gasteiger partial charge in [0, 0.05) is 24.1 Å². The van der Waals surface area contributed by atoms with Crippen molar-refractivity contribution in [2.24, 2.45) is 0 Å². The van der Waals surface area contributed by atoms with Gasteiger partial charge in [-0.2, -0.15) is 0 Å². The second-order valence-corrected chi connectivity index (χ2v) is 8.22. The molecule has 2 aromatic rings. The molecule has 0 aliphatic heterocycles. The highest BCUT2D eigenvalue weighted by atomic mass is 32.2. The smallest absolute Gasteiger partial charge is 0.191 e. The Hall–Kier alpha value is -1.34. The number of nitrogens with zero attached hydrogens (tertiary/aromatic N) is 3. The van der Waals surface area contributed by atoms with Crippen molar-refractivity contribution in [1.82, 2.24) is 14.8 Å². The largest absolute Gasteiger partial charge is 0.302 e. The van der Waals surface area contributed by atoms with Gasteiger partial charge in [-0.05, 0) is 19.9 Å². The second-order valence-electron chi connectivity index (χ2n) is 4.90. The molecule has 0 amide bonds. The Morgan fingerprint density at radius 1 is 1.29 bits per heavy atom. The number of hydrogen-bond acceptors (Lipinski definition) is 5. The Labute approximate surface area is 129 Å². The van der Waals surface area contributed by atoms with E-state index in [4.69, 9.17) is 0 Å². The average Bonchev–Trinajstić information content (AvgIpc) is 2.80. The van der Waals surface area contributed by atoms with Crippen molar-refractivity contribution in [3.63, 3.8) is 0 Å². The van der Waals surface area contributed by atoms with E-state index < -0.39 is 9.84 Å². The topological polar surface area (TPSA) is 64.8 Å². The summed E-state index contributed by atoms with van der Waals surface area (Å²) in [5, 5.41) is 9.21. The second kappa shape index (κ2) is 6.62. The number of hydrogen-bond donors (Lipinski definition) is 0. The maximum Gasteiger partial charge on any atom is 0.191 e. The lowest BCUT2D eigenvalue weighted by Crippen LogP contribution is -2.06. The molecule has 0 atom stereocenters. The van der Waals surface area contributed by atoms with Gasteiger partial charge in [-0.25, -0.2) is 8.42 Å². The zero-order chi connectivity index (χ0) is 15.5. The molecule has 0 radical (unpaired) electrons. The molecule has 5 nitrogen and oxygen atoms in total. The Balaban J connectivity index is 2.22. The molecule has 7 heteroatoms. The molecule has 114 valence electrons. The van der Waals surface area contributed by atoms with Crippen LogP contribution in [0.2, 0.25) is 0 Å². The summed E-state index contributed by atoms with van der Waals surface area (Å²) in [5.41, 5.74) is 2.20. The zero-order valence-corrected chi connectivity index (χ0v) is 14.0. The molecular weight excluding hydrogens is 306 g/mol. The molecule has 0 aliphatic rings. The van der Waals surface area contributed by atoms with Gasteiger partial charge >= 0.3 is 0 Å². The Kier molecular flexibility index (Phi) is 5.05. The van der Waals surface area contributed by atoms with E-state index in [-0.39, 0.29) is 5.75 Å². The fourth-order valence-corrected chi connectivity index (χ4v) is 4.16. The van der Waals surface area contributed by atoms with Crippen LogP contribution < -0.4 is 0 Å². The fourth-order valence-electron chi connectivity index (χ4n) is 1.96. The number of aromatic nitrogens is 3. The molecule has 1 aromatic carbocycles. The summed E-state index contributed by atoms with van der Waals surface area (Å²) in [6, 6.07) is 8.11. The van der Waals surface area contributed by atoms with Gasteiger partial charge in [0.05, 0.1) is 5.75 Å². The highest BCUT2D eigenvalue weighted by Crippen LogP contribution is 2.24. The summed E-state index contributed by atoms with van der Waals surface area (Å²) in [6.45, 7) is 4.82. The number of sulfone groups is 1. The summed E-state index contributed by atoms with van der Waals surface area (Å²) in [4.78, 5) is 0. The Morgan fingerprint density at radius 3 is 2.67 bits per heavy atom. The van der Waals surface area contributed by atoms with Gasteiger partial charge < -0.3 is 4.57 Å². The Bertz CT molecular complexity index is 724. The predicted molar refractivity (Wildman–Crippen MR) is 86.3 cm³/mol. The summed E-state index contributed by atoms with van der Waals surface area (Å²) in [5.74, 6) is 1.46. The van der Waals surface area contributed by atoms with Crippen LogP contribution in [0, 0.1) is 6.92 Å². The van der Waals surface area contributed by atoms with Gasteiger partial charge in [0.25, 0.3) is 0 Å². The van der Waals surface area contributed by atoms with Crippen LogP contribution in [-0.2, 0) is 16.4 Å². The van der Waals surface area contributed by atoms with Gasteiger partial charge in [-0.3, -0.25) is 0 Å². The molecule has 0 fully saturated rings. The van der Waals surface area contributed by atoms with E-state index in [1.165, 1.54) is 23.6 Å². The van der Waals surface area contributed by atoms with Crippen molar-refractivity contribution >= 4 is 21.6 Å². The minimum Gasteiger partial charge on any atom is -0.302 e. The van der Waals surface area contributed by atoms with Crippen molar-refractivity contribution in [1.29, 1.82) is 0 Å². The first-order valence-electron chi connectivity index (χ1n) is 6.71. The van der Waals surface area contributed by atoms with E-state index in [0.29, 0.717) is 5.75 Å². The van der Waals surface area contributed by atoms with Gasteiger partial charge in [0.2, 0.25) is 0 Å². The molecule has 0 bridgehead atoms. The van der Waals surface area contributed by atoms with Gasteiger partial charge in [0.15, 0.2) is 11.0 Å². The number of thioether (sulfide) groups is 1. The lowest BCUT2D eigenvalue weighted by Gasteiger charge is -2.07. The summed E-state index contributed by atoms with van der Waals surface area (Å²) in [7, 11) is -2.94. The highest BCUT2D eigenvalue weighted by molar-refractivity contribution is 8.00. The molecule has 0 unspecified atom stereocenters. The zero-order valence-electron chi connectivity index (χ0n) is 12.4. The van der Waals surface area contributed by atoms with E-state index in [2.05, 4.69) is 16.3 Å². The van der Waals surface area contributed by atoms with Crippen molar-refractivity contribution in [3.8, 4) is 11.4 Å². The molecule has 0 saturated carbocycles. The molecule has 1 heterocycles. The van der Waals surface area contributed by atoms with Crippen LogP contribution in [0.15, 0.2) is 29.4 Å². The first-order valence-corrected chi connectivity index (χ1v) is 9.76. The molecule has 0 aliphatic carbocycles. The van der Waals surface area contributed by atoms with E-state index >= 15 is 0 Å². The molecule has 21 heavy (non-hydrogen) atoms. The molecule has 0 spiro atoms. The standard InChI is InChI=1S/C14H19N3O2S2/c1-4-17-13(12-7-5-6-11(2)10-12)15-16-14(17)20-8-9-21(3,18)19/h5-7,10H,4,8-9H2,1-3H3. The SMILES string of the molecule is CCn1c(SCCS(C)(=O)=O)nnc1-c1cccc(C)c1. The maximum absolute atomic E-state index is 11.2. The van der Waals surface area contributed by atoms with Crippen LogP contribution in [0.5, 0.6) is 0 Å². The summed E-state index contributed by atoms with van der Waals surface area (Å²) < 4.78 is 24.4. The van der Waals surface area contributed by atoms with Gasteiger partial charge in [-0.15, -0.1) is 10.2 Å². The van der Waals surface area contributed by atoms with E-state index in [1.54, 1.807) is 0 Å². The maximum atomic E-state index is 11.2. The van der Waals surface area contributed by atoms with E-state index in [1.807, 2.05) is 36.6 Å². The first-order chi connectivity index (χ1) is 9.90. The minimum atomic E-state index is -2.94. The molecule has 0 saturated heterocycles. The fraction of sp³-hybridized carbons (Fsp3) is 0.429.